The summed E-state index contributed by atoms with van der Waals surface area (Å²) in [7, 11) is 0. The molecule has 0 saturated heterocycles. The Kier molecular flexibility index (Phi) is 5.00. The number of aryl methyl sites for hydroxylation is 3. The Morgan fingerprint density at radius 1 is 1.00 bits per heavy atom. The fraction of sp³-hybridized carbons (Fsp3) is 0.647. The summed E-state index contributed by atoms with van der Waals surface area (Å²) in [5, 5.41) is 0. The van der Waals surface area contributed by atoms with E-state index < -0.39 is 0 Å². The van der Waals surface area contributed by atoms with Gasteiger partial charge in [0, 0.05) is 6.04 Å². The van der Waals surface area contributed by atoms with E-state index in [1.807, 2.05) is 0 Å². The number of rotatable bonds is 3. The summed E-state index contributed by atoms with van der Waals surface area (Å²) < 4.78 is 0. The average molecular weight is 260 g/mol. The van der Waals surface area contributed by atoms with Crippen molar-refractivity contribution >= 4 is 0 Å². The first-order valence-electron chi connectivity index (χ1n) is 7.67. The van der Waals surface area contributed by atoms with E-state index in [9.17, 15) is 0 Å². The van der Waals surface area contributed by atoms with Gasteiger partial charge in [-0.05, 0) is 56.2 Å². The van der Waals surface area contributed by atoms with Gasteiger partial charge in [0.2, 0.25) is 0 Å². The van der Waals surface area contributed by atoms with E-state index in [0.717, 1.165) is 0 Å². The number of nitrogens with one attached hydrogen (secondary N) is 1. The first-order chi connectivity index (χ1) is 9.13. The lowest BCUT2D eigenvalue weighted by Crippen LogP contribution is -2.34. The fourth-order valence-electron chi connectivity index (χ4n) is 3.78. The van der Waals surface area contributed by atoms with E-state index in [1.165, 1.54) is 60.8 Å². The van der Waals surface area contributed by atoms with Gasteiger partial charge in [0.05, 0.1) is 0 Å². The first kappa shape index (κ1) is 14.5. The van der Waals surface area contributed by atoms with E-state index in [1.54, 1.807) is 0 Å². The Labute approximate surface area is 117 Å². The average Bonchev–Trinajstić information content (AvgIpc) is 2.62. The Bertz CT molecular complexity index is 394. The largest absolute Gasteiger partial charge is 0.271 e. The predicted molar refractivity (Wildman–Crippen MR) is 81.9 cm³/mol. The molecule has 0 amide bonds. The maximum Gasteiger partial charge on any atom is 0.0493 e. The van der Waals surface area contributed by atoms with Crippen molar-refractivity contribution in [3.63, 3.8) is 0 Å². The summed E-state index contributed by atoms with van der Waals surface area (Å²) in [5.74, 6) is 6.60. The van der Waals surface area contributed by atoms with Gasteiger partial charge in [0.25, 0.3) is 0 Å². The van der Waals surface area contributed by atoms with Crippen LogP contribution in [0.4, 0.5) is 0 Å². The van der Waals surface area contributed by atoms with Gasteiger partial charge >= 0.3 is 0 Å². The van der Waals surface area contributed by atoms with Gasteiger partial charge in [-0.1, -0.05) is 43.4 Å². The van der Waals surface area contributed by atoms with Crippen LogP contribution in [0.15, 0.2) is 12.1 Å². The highest BCUT2D eigenvalue weighted by Gasteiger charge is 2.25. The molecule has 0 heterocycles. The molecule has 1 aliphatic rings. The molecule has 3 N–H and O–H groups in total. The molecule has 2 rings (SSSR count). The van der Waals surface area contributed by atoms with Crippen molar-refractivity contribution in [2.75, 3.05) is 0 Å². The van der Waals surface area contributed by atoms with Crippen LogP contribution in [0.3, 0.4) is 0 Å². The van der Waals surface area contributed by atoms with Crippen molar-refractivity contribution in [2.45, 2.75) is 65.3 Å². The normalized spacial score (nSPS) is 19.2. The zero-order chi connectivity index (χ0) is 13.8. The quantitative estimate of drug-likeness (QED) is 0.488. The maximum atomic E-state index is 5.91. The fourth-order valence-corrected chi connectivity index (χ4v) is 3.78. The lowest BCUT2D eigenvalue weighted by atomic mass is 9.83. The van der Waals surface area contributed by atoms with Crippen molar-refractivity contribution in [3.8, 4) is 0 Å². The molecule has 2 nitrogen and oxygen atoms in total. The van der Waals surface area contributed by atoms with Gasteiger partial charge < -0.3 is 0 Å². The van der Waals surface area contributed by atoms with E-state index in [0.29, 0.717) is 12.0 Å². The molecule has 2 heteroatoms. The molecule has 1 atom stereocenters. The Hall–Kier alpha value is -0.860. The highest BCUT2D eigenvalue weighted by Crippen LogP contribution is 2.36. The third-order valence-corrected chi connectivity index (χ3v) is 4.60. The molecule has 0 aliphatic heterocycles. The zero-order valence-corrected chi connectivity index (χ0v) is 12.6. The monoisotopic (exact) mass is 260 g/mol. The molecular weight excluding hydrogens is 232 g/mol. The Balaban J connectivity index is 2.30. The highest BCUT2D eigenvalue weighted by atomic mass is 15.2. The molecule has 0 aromatic heterocycles. The molecule has 1 aromatic rings. The molecule has 106 valence electrons. The number of hydrogen-bond donors (Lipinski definition) is 2. The van der Waals surface area contributed by atoms with Crippen molar-refractivity contribution < 1.29 is 0 Å². The zero-order valence-electron chi connectivity index (χ0n) is 12.6. The van der Waals surface area contributed by atoms with Crippen LogP contribution in [0.2, 0.25) is 0 Å². The van der Waals surface area contributed by atoms with Crippen molar-refractivity contribution in [2.24, 2.45) is 11.8 Å². The van der Waals surface area contributed by atoms with E-state index >= 15 is 0 Å². The standard InChI is InChI=1S/C17H28N2/c1-12-10-13(2)16(14(3)11-12)17(19-18)15-8-6-4-5-7-9-15/h10-11,15,17,19H,4-9,18H2,1-3H3. The summed E-state index contributed by atoms with van der Waals surface area (Å²) in [6.07, 6.45) is 8.10. The van der Waals surface area contributed by atoms with Crippen LogP contribution in [0.1, 0.15) is 66.8 Å². The molecule has 0 bridgehead atoms. The second kappa shape index (κ2) is 6.53. The van der Waals surface area contributed by atoms with Crippen LogP contribution in [-0.4, -0.2) is 0 Å². The third-order valence-electron chi connectivity index (χ3n) is 4.60. The third kappa shape index (κ3) is 3.37. The van der Waals surface area contributed by atoms with Crippen LogP contribution in [-0.2, 0) is 0 Å². The van der Waals surface area contributed by atoms with Crippen LogP contribution in [0.25, 0.3) is 0 Å². The summed E-state index contributed by atoms with van der Waals surface area (Å²) in [5.41, 5.74) is 8.65. The summed E-state index contributed by atoms with van der Waals surface area (Å²) in [6, 6.07) is 4.88. The highest BCUT2D eigenvalue weighted by molar-refractivity contribution is 5.40. The number of hydrazine groups is 1. The van der Waals surface area contributed by atoms with Crippen LogP contribution >= 0.6 is 0 Å². The molecule has 1 fully saturated rings. The smallest absolute Gasteiger partial charge is 0.0493 e. The lowest BCUT2D eigenvalue weighted by Gasteiger charge is -2.29. The number of nitrogens with two attached hydrogens (primary N) is 1. The molecule has 1 unspecified atom stereocenters. The summed E-state index contributed by atoms with van der Waals surface area (Å²) in [4.78, 5) is 0. The van der Waals surface area contributed by atoms with Crippen molar-refractivity contribution in [3.05, 3.63) is 34.4 Å². The molecular formula is C17H28N2. The molecule has 1 saturated carbocycles. The van der Waals surface area contributed by atoms with Gasteiger partial charge in [0.15, 0.2) is 0 Å². The summed E-state index contributed by atoms with van der Waals surface area (Å²) >= 11 is 0. The number of hydrogen-bond acceptors (Lipinski definition) is 2. The topological polar surface area (TPSA) is 38.0 Å². The maximum absolute atomic E-state index is 5.91. The van der Waals surface area contributed by atoms with E-state index in [4.69, 9.17) is 5.84 Å². The minimum atomic E-state index is 0.318. The first-order valence-corrected chi connectivity index (χ1v) is 7.67. The van der Waals surface area contributed by atoms with Gasteiger partial charge in [-0.2, -0.15) is 0 Å². The van der Waals surface area contributed by atoms with Crippen LogP contribution in [0, 0.1) is 26.7 Å². The predicted octanol–water partition coefficient (Wildman–Crippen LogP) is 4.09. The van der Waals surface area contributed by atoms with Gasteiger partial charge in [-0.25, -0.2) is 0 Å². The molecule has 1 aliphatic carbocycles. The molecule has 1 aromatic carbocycles. The minimum Gasteiger partial charge on any atom is -0.271 e. The second-order valence-corrected chi connectivity index (χ2v) is 6.21. The van der Waals surface area contributed by atoms with Crippen LogP contribution < -0.4 is 11.3 Å². The molecule has 0 spiro atoms. The molecule has 19 heavy (non-hydrogen) atoms. The van der Waals surface area contributed by atoms with Crippen molar-refractivity contribution in [1.82, 2.24) is 5.43 Å². The number of benzene rings is 1. The minimum absolute atomic E-state index is 0.318. The second-order valence-electron chi connectivity index (χ2n) is 6.21. The molecule has 0 radical (unpaired) electrons. The van der Waals surface area contributed by atoms with Gasteiger partial charge in [-0.3, -0.25) is 11.3 Å². The van der Waals surface area contributed by atoms with E-state index in [-0.39, 0.29) is 0 Å². The summed E-state index contributed by atoms with van der Waals surface area (Å²) in [6.45, 7) is 6.60. The Morgan fingerprint density at radius 2 is 1.53 bits per heavy atom. The Morgan fingerprint density at radius 3 is 2.00 bits per heavy atom. The SMILES string of the molecule is Cc1cc(C)c(C(NN)C2CCCCCC2)c(C)c1. The van der Waals surface area contributed by atoms with Gasteiger partial charge in [-0.15, -0.1) is 0 Å². The van der Waals surface area contributed by atoms with Crippen molar-refractivity contribution in [1.29, 1.82) is 0 Å². The van der Waals surface area contributed by atoms with Gasteiger partial charge in [0.1, 0.15) is 0 Å². The lowest BCUT2D eigenvalue weighted by molar-refractivity contribution is 0.327. The van der Waals surface area contributed by atoms with E-state index in [2.05, 4.69) is 38.3 Å². The van der Waals surface area contributed by atoms with Crippen LogP contribution in [0.5, 0.6) is 0 Å².